The van der Waals surface area contributed by atoms with E-state index in [0.717, 1.165) is 11.1 Å². The van der Waals surface area contributed by atoms with Gasteiger partial charge in [0.05, 0.1) is 26.9 Å². The number of carbonyl (C=O) groups is 2. The van der Waals surface area contributed by atoms with Gasteiger partial charge in [-0.3, -0.25) is 4.79 Å². The number of rotatable bonds is 9. The van der Waals surface area contributed by atoms with Gasteiger partial charge in [0.2, 0.25) is 11.7 Å². The lowest BCUT2D eigenvalue weighted by atomic mass is 10.1. The normalized spacial score (nSPS) is 10.2. The molecule has 2 rings (SSSR count). The van der Waals surface area contributed by atoms with E-state index in [-0.39, 0.29) is 11.5 Å². The van der Waals surface area contributed by atoms with Gasteiger partial charge >= 0.3 is 5.97 Å². The Morgan fingerprint density at radius 3 is 2.00 bits per heavy atom. The van der Waals surface area contributed by atoms with Crippen LogP contribution in [-0.2, 0) is 17.8 Å². The number of benzene rings is 2. The lowest BCUT2D eigenvalue weighted by Gasteiger charge is -2.14. The van der Waals surface area contributed by atoms with Crippen molar-refractivity contribution in [3.05, 3.63) is 53.1 Å². The number of aryl methyl sites for hydroxylation is 1. The SMILES string of the molecule is COc1cc(CCC(=O)NCc2ccc(C(=O)O)cc2)cc(OC)c1OC. The standard InChI is InChI=1S/C20H23NO6/c1-25-16-10-14(11-17(26-2)19(16)27-3)6-9-18(22)21-12-13-4-7-15(8-5-13)20(23)24/h4-5,7-8,10-11H,6,9,12H2,1-3H3,(H,21,22)(H,23,24). The van der Waals surface area contributed by atoms with E-state index < -0.39 is 5.97 Å². The maximum Gasteiger partial charge on any atom is 0.335 e. The molecule has 0 aliphatic carbocycles. The van der Waals surface area contributed by atoms with Gasteiger partial charge in [0, 0.05) is 13.0 Å². The second-order valence-electron chi connectivity index (χ2n) is 5.81. The molecule has 0 saturated heterocycles. The van der Waals surface area contributed by atoms with Crippen LogP contribution >= 0.6 is 0 Å². The number of hydrogen-bond donors (Lipinski definition) is 2. The number of carboxylic acid groups (broad SMARTS) is 1. The van der Waals surface area contributed by atoms with E-state index in [4.69, 9.17) is 19.3 Å². The van der Waals surface area contributed by atoms with Gasteiger partial charge in [-0.1, -0.05) is 12.1 Å². The second kappa shape index (κ2) is 9.47. The van der Waals surface area contributed by atoms with Crippen molar-refractivity contribution in [2.24, 2.45) is 0 Å². The van der Waals surface area contributed by atoms with E-state index >= 15 is 0 Å². The van der Waals surface area contributed by atoms with E-state index in [1.165, 1.54) is 19.2 Å². The Morgan fingerprint density at radius 2 is 1.52 bits per heavy atom. The van der Waals surface area contributed by atoms with Crippen LogP contribution in [0.4, 0.5) is 0 Å². The smallest absolute Gasteiger partial charge is 0.335 e. The monoisotopic (exact) mass is 373 g/mol. The third kappa shape index (κ3) is 5.37. The average molecular weight is 373 g/mol. The molecule has 0 unspecified atom stereocenters. The molecule has 0 atom stereocenters. The number of methoxy groups -OCH3 is 3. The van der Waals surface area contributed by atoms with Crippen molar-refractivity contribution < 1.29 is 28.9 Å². The molecule has 0 aliphatic heterocycles. The fraction of sp³-hybridized carbons (Fsp3) is 0.300. The molecule has 0 aliphatic rings. The molecule has 2 N–H and O–H groups in total. The third-order valence-corrected chi connectivity index (χ3v) is 4.06. The van der Waals surface area contributed by atoms with Crippen molar-refractivity contribution >= 4 is 11.9 Å². The van der Waals surface area contributed by atoms with Crippen molar-refractivity contribution in [3.8, 4) is 17.2 Å². The molecule has 2 aromatic rings. The van der Waals surface area contributed by atoms with Crippen LogP contribution in [0.15, 0.2) is 36.4 Å². The summed E-state index contributed by atoms with van der Waals surface area (Å²) in [6.07, 6.45) is 0.812. The van der Waals surface area contributed by atoms with Crippen LogP contribution in [0.1, 0.15) is 27.9 Å². The predicted molar refractivity (Wildman–Crippen MR) is 99.7 cm³/mol. The Balaban J connectivity index is 1.92. The van der Waals surface area contributed by atoms with Gasteiger partial charge in [0.15, 0.2) is 11.5 Å². The van der Waals surface area contributed by atoms with E-state index in [1.807, 2.05) is 12.1 Å². The first-order valence-corrected chi connectivity index (χ1v) is 8.36. The fourth-order valence-corrected chi connectivity index (χ4v) is 2.59. The summed E-state index contributed by atoms with van der Waals surface area (Å²) in [5.74, 6) is 0.525. The zero-order chi connectivity index (χ0) is 19.8. The Morgan fingerprint density at radius 1 is 0.926 bits per heavy atom. The van der Waals surface area contributed by atoms with Gasteiger partial charge in [0.25, 0.3) is 0 Å². The van der Waals surface area contributed by atoms with Crippen LogP contribution in [0.2, 0.25) is 0 Å². The molecule has 0 radical (unpaired) electrons. The first kappa shape index (κ1) is 20.1. The minimum absolute atomic E-state index is 0.105. The Kier molecular flexibility index (Phi) is 7.05. The van der Waals surface area contributed by atoms with Gasteiger partial charge < -0.3 is 24.6 Å². The summed E-state index contributed by atoms with van der Waals surface area (Å²) in [5, 5.41) is 11.7. The quantitative estimate of drug-likeness (QED) is 0.702. The van der Waals surface area contributed by atoms with Gasteiger partial charge in [0.1, 0.15) is 0 Å². The van der Waals surface area contributed by atoms with Gasteiger partial charge in [-0.15, -0.1) is 0 Å². The van der Waals surface area contributed by atoms with Crippen molar-refractivity contribution in [2.45, 2.75) is 19.4 Å². The number of nitrogens with one attached hydrogen (secondary N) is 1. The molecule has 27 heavy (non-hydrogen) atoms. The molecular weight excluding hydrogens is 350 g/mol. The van der Waals surface area contributed by atoms with Gasteiger partial charge in [-0.25, -0.2) is 4.79 Å². The number of amides is 1. The minimum atomic E-state index is -0.976. The van der Waals surface area contributed by atoms with Crippen molar-refractivity contribution in [2.75, 3.05) is 21.3 Å². The molecule has 0 heterocycles. The molecule has 0 fully saturated rings. The van der Waals surface area contributed by atoms with Crippen molar-refractivity contribution in [1.29, 1.82) is 0 Å². The van der Waals surface area contributed by atoms with Crippen LogP contribution in [0.5, 0.6) is 17.2 Å². The first-order valence-electron chi connectivity index (χ1n) is 8.36. The highest BCUT2D eigenvalue weighted by molar-refractivity contribution is 5.87. The van der Waals surface area contributed by atoms with E-state index in [1.54, 1.807) is 26.4 Å². The molecule has 7 heteroatoms. The lowest BCUT2D eigenvalue weighted by molar-refractivity contribution is -0.121. The average Bonchev–Trinajstić information content (AvgIpc) is 2.69. The summed E-state index contributed by atoms with van der Waals surface area (Å²) in [6, 6.07) is 10.0. The topological polar surface area (TPSA) is 94.1 Å². The van der Waals surface area contributed by atoms with Crippen LogP contribution < -0.4 is 19.5 Å². The van der Waals surface area contributed by atoms with Crippen LogP contribution in [0, 0.1) is 0 Å². The molecule has 2 aromatic carbocycles. The Hall–Kier alpha value is -3.22. The summed E-state index contributed by atoms with van der Waals surface area (Å²) in [6.45, 7) is 0.341. The minimum Gasteiger partial charge on any atom is -0.493 e. The Bertz CT molecular complexity index is 776. The van der Waals surface area contributed by atoms with Gasteiger partial charge in [-0.2, -0.15) is 0 Å². The summed E-state index contributed by atoms with van der Waals surface area (Å²) in [7, 11) is 4.63. The Labute approximate surface area is 157 Å². The zero-order valence-corrected chi connectivity index (χ0v) is 15.6. The summed E-state index contributed by atoms with van der Waals surface area (Å²) >= 11 is 0. The highest BCUT2D eigenvalue weighted by Gasteiger charge is 2.14. The third-order valence-electron chi connectivity index (χ3n) is 4.06. The van der Waals surface area contributed by atoms with Crippen LogP contribution in [0.25, 0.3) is 0 Å². The number of ether oxygens (including phenoxy) is 3. The highest BCUT2D eigenvalue weighted by Crippen LogP contribution is 2.38. The molecule has 144 valence electrons. The van der Waals surface area contributed by atoms with Crippen molar-refractivity contribution in [1.82, 2.24) is 5.32 Å². The maximum absolute atomic E-state index is 12.1. The number of carboxylic acids is 1. The summed E-state index contributed by atoms with van der Waals surface area (Å²) < 4.78 is 15.9. The lowest BCUT2D eigenvalue weighted by Crippen LogP contribution is -2.23. The molecule has 1 amide bonds. The molecule has 0 aromatic heterocycles. The van der Waals surface area contributed by atoms with Gasteiger partial charge in [-0.05, 0) is 41.8 Å². The van der Waals surface area contributed by atoms with E-state index in [0.29, 0.717) is 36.6 Å². The maximum atomic E-state index is 12.1. The van der Waals surface area contributed by atoms with E-state index in [9.17, 15) is 9.59 Å². The highest BCUT2D eigenvalue weighted by atomic mass is 16.5. The zero-order valence-electron chi connectivity index (χ0n) is 15.6. The largest absolute Gasteiger partial charge is 0.493 e. The number of carbonyl (C=O) groups excluding carboxylic acids is 1. The predicted octanol–water partition coefficient (Wildman–Crippen LogP) is 2.66. The van der Waals surface area contributed by atoms with E-state index in [2.05, 4.69) is 5.32 Å². The fourth-order valence-electron chi connectivity index (χ4n) is 2.59. The van der Waals surface area contributed by atoms with Crippen LogP contribution in [-0.4, -0.2) is 38.3 Å². The van der Waals surface area contributed by atoms with Crippen LogP contribution in [0.3, 0.4) is 0 Å². The van der Waals surface area contributed by atoms with Crippen molar-refractivity contribution in [3.63, 3.8) is 0 Å². The summed E-state index contributed by atoms with van der Waals surface area (Å²) in [4.78, 5) is 22.9. The second-order valence-corrected chi connectivity index (χ2v) is 5.81. The number of aromatic carboxylic acids is 1. The number of hydrogen-bond acceptors (Lipinski definition) is 5. The molecule has 0 bridgehead atoms. The summed E-state index contributed by atoms with van der Waals surface area (Å²) in [5.41, 5.74) is 1.94. The first-order chi connectivity index (χ1) is 13.0. The molecule has 0 saturated carbocycles. The molecular formula is C20H23NO6. The molecule has 0 spiro atoms. The molecule has 7 nitrogen and oxygen atoms in total.